The van der Waals surface area contributed by atoms with E-state index in [0.717, 1.165) is 11.1 Å². The van der Waals surface area contributed by atoms with Crippen molar-refractivity contribution in [3.63, 3.8) is 0 Å². The number of hydrogen-bond acceptors (Lipinski definition) is 3. The predicted molar refractivity (Wildman–Crippen MR) is 119 cm³/mol. The van der Waals surface area contributed by atoms with Crippen molar-refractivity contribution < 1.29 is 8.42 Å². The summed E-state index contributed by atoms with van der Waals surface area (Å²) in [7, 11) is -3.54. The van der Waals surface area contributed by atoms with Crippen molar-refractivity contribution in [2.75, 3.05) is 0 Å². The molecule has 0 N–H and O–H groups in total. The third-order valence-electron chi connectivity index (χ3n) is 4.80. The quantitative estimate of drug-likeness (QED) is 0.428. The fourth-order valence-electron chi connectivity index (χ4n) is 3.10. The van der Waals surface area contributed by atoms with Gasteiger partial charge >= 0.3 is 0 Å². The third-order valence-corrected chi connectivity index (χ3v) is 7.21. The first-order valence-electron chi connectivity index (χ1n) is 9.23. The Hall–Kier alpha value is -1.88. The maximum absolute atomic E-state index is 13.1. The summed E-state index contributed by atoms with van der Waals surface area (Å²) < 4.78 is 26.1. The van der Waals surface area contributed by atoms with E-state index >= 15 is 0 Å². The number of sulfone groups is 1. The van der Waals surface area contributed by atoms with Gasteiger partial charge in [0.1, 0.15) is 0 Å². The van der Waals surface area contributed by atoms with Crippen LogP contribution in [0.25, 0.3) is 0 Å². The highest BCUT2D eigenvalue weighted by molar-refractivity contribution is 7.90. The second-order valence-corrected chi connectivity index (χ2v) is 10.9. The molecule has 0 aliphatic carbocycles. The Labute approximate surface area is 182 Å². The molecule has 2 aromatic carbocycles. The van der Waals surface area contributed by atoms with Crippen molar-refractivity contribution in [1.82, 2.24) is 4.98 Å². The van der Waals surface area contributed by atoms with Crippen LogP contribution in [0.4, 0.5) is 0 Å². The van der Waals surface area contributed by atoms with Crippen LogP contribution >= 0.6 is 23.2 Å². The smallest absolute Gasteiger partial charge is 0.182 e. The van der Waals surface area contributed by atoms with E-state index in [4.69, 9.17) is 23.2 Å². The molecule has 0 amide bonds. The average Bonchev–Trinajstić information content (AvgIpc) is 2.69. The number of pyridine rings is 1. The fraction of sp³-hybridized carbons (Fsp3) is 0.261. The summed E-state index contributed by atoms with van der Waals surface area (Å²) in [5.41, 5.74) is 3.19. The summed E-state index contributed by atoms with van der Waals surface area (Å²) in [6.07, 6.45) is 3.31. The largest absolute Gasteiger partial charge is 0.265 e. The van der Waals surface area contributed by atoms with E-state index < -0.39 is 15.2 Å². The van der Waals surface area contributed by atoms with E-state index in [2.05, 4.69) is 25.8 Å². The van der Waals surface area contributed by atoms with Gasteiger partial charge in [0.15, 0.2) is 9.84 Å². The highest BCUT2D eigenvalue weighted by Crippen LogP contribution is 2.34. The number of benzene rings is 2. The van der Waals surface area contributed by atoms with Crippen LogP contribution in [0, 0.1) is 0 Å². The fourth-order valence-corrected chi connectivity index (χ4v) is 5.01. The molecule has 3 nitrogen and oxygen atoms in total. The Balaban J connectivity index is 1.95. The lowest BCUT2D eigenvalue weighted by Gasteiger charge is -2.19. The maximum atomic E-state index is 13.1. The average molecular weight is 448 g/mol. The van der Waals surface area contributed by atoms with Gasteiger partial charge in [0.05, 0.1) is 16.0 Å². The normalized spacial score (nSPS) is 13.3. The molecule has 0 aliphatic rings. The zero-order valence-corrected chi connectivity index (χ0v) is 18.9. The Morgan fingerprint density at radius 2 is 1.59 bits per heavy atom. The molecule has 0 radical (unpaired) electrons. The van der Waals surface area contributed by atoms with Crippen molar-refractivity contribution in [2.24, 2.45) is 0 Å². The van der Waals surface area contributed by atoms with E-state index in [9.17, 15) is 8.42 Å². The highest BCUT2D eigenvalue weighted by Gasteiger charge is 2.22. The van der Waals surface area contributed by atoms with Gasteiger partial charge in [-0.05, 0) is 64.1 Å². The van der Waals surface area contributed by atoms with Crippen LogP contribution in [0.15, 0.2) is 71.9 Å². The summed E-state index contributed by atoms with van der Waals surface area (Å²) in [5, 5.41) is -0.0134. The van der Waals surface area contributed by atoms with Gasteiger partial charge in [-0.1, -0.05) is 50.6 Å². The summed E-state index contributed by atoms with van der Waals surface area (Å²) in [4.78, 5) is 4.30. The van der Waals surface area contributed by atoms with Gasteiger partial charge in [0.2, 0.25) is 0 Å². The zero-order valence-electron chi connectivity index (χ0n) is 16.6. The molecule has 152 valence electrons. The monoisotopic (exact) mass is 447 g/mol. The lowest BCUT2D eigenvalue weighted by Crippen LogP contribution is -2.12. The van der Waals surface area contributed by atoms with E-state index in [1.165, 1.54) is 0 Å². The molecule has 0 aliphatic heterocycles. The second kappa shape index (κ2) is 8.47. The number of hydrogen-bond donors (Lipinski definition) is 0. The van der Waals surface area contributed by atoms with Gasteiger partial charge in [-0.3, -0.25) is 4.98 Å². The molecule has 0 saturated heterocycles. The third kappa shape index (κ3) is 5.19. The van der Waals surface area contributed by atoms with Crippen molar-refractivity contribution in [3.8, 4) is 0 Å². The van der Waals surface area contributed by atoms with Gasteiger partial charge in [-0.15, -0.1) is 11.6 Å². The van der Waals surface area contributed by atoms with Crippen molar-refractivity contribution >= 4 is 33.0 Å². The first-order valence-corrected chi connectivity index (χ1v) is 11.7. The van der Waals surface area contributed by atoms with Gasteiger partial charge in [-0.2, -0.15) is 0 Å². The maximum Gasteiger partial charge on any atom is 0.182 e. The second-order valence-electron chi connectivity index (χ2n) is 8.02. The van der Waals surface area contributed by atoms with Crippen LogP contribution in [0.5, 0.6) is 0 Å². The molecule has 0 fully saturated rings. The lowest BCUT2D eigenvalue weighted by atomic mass is 9.87. The van der Waals surface area contributed by atoms with Gasteiger partial charge in [0.25, 0.3) is 0 Å². The Bertz CT molecular complexity index is 1090. The molecule has 0 spiro atoms. The molecule has 6 heteroatoms. The van der Waals surface area contributed by atoms with E-state index in [1.807, 2.05) is 24.3 Å². The molecule has 1 atom stereocenters. The highest BCUT2D eigenvalue weighted by atomic mass is 35.5. The molecule has 1 unspecified atom stereocenters. The molecule has 1 heterocycles. The Kier molecular flexibility index (Phi) is 6.37. The molecule has 0 bridgehead atoms. The van der Waals surface area contributed by atoms with Crippen LogP contribution in [0.3, 0.4) is 0 Å². The summed E-state index contributed by atoms with van der Waals surface area (Å²) in [6.45, 7) is 6.28. The van der Waals surface area contributed by atoms with Crippen molar-refractivity contribution in [1.29, 1.82) is 0 Å². The van der Waals surface area contributed by atoms with Crippen LogP contribution in [-0.2, 0) is 21.0 Å². The number of aromatic nitrogens is 1. The van der Waals surface area contributed by atoms with Gasteiger partial charge < -0.3 is 0 Å². The number of rotatable bonds is 5. The minimum Gasteiger partial charge on any atom is -0.265 e. The summed E-state index contributed by atoms with van der Waals surface area (Å²) >= 11 is 12.8. The Morgan fingerprint density at radius 3 is 2.17 bits per heavy atom. The van der Waals surface area contributed by atoms with Crippen molar-refractivity contribution in [3.05, 3.63) is 94.3 Å². The topological polar surface area (TPSA) is 47.0 Å². The van der Waals surface area contributed by atoms with Crippen LogP contribution in [0.2, 0.25) is 5.02 Å². The predicted octanol–water partition coefficient (Wildman–Crippen LogP) is 6.33. The standard InChI is InChI=1S/C23H23Cl2NO2S/c1-23(2,3)18-5-8-20(9-6-18)29(27,28)15-17-4-7-19(24)14-21(17)22(25)16-10-12-26-13-11-16/h4-14,22H,15H2,1-3H3. The van der Waals surface area contributed by atoms with Gasteiger partial charge in [-0.25, -0.2) is 8.42 Å². The molecule has 1 aromatic heterocycles. The van der Waals surface area contributed by atoms with Crippen molar-refractivity contribution in [2.45, 2.75) is 42.2 Å². The van der Waals surface area contributed by atoms with Crippen LogP contribution in [0.1, 0.15) is 48.4 Å². The van der Waals surface area contributed by atoms with Crippen LogP contribution in [-0.4, -0.2) is 13.4 Å². The minimum atomic E-state index is -3.54. The SMILES string of the molecule is CC(C)(C)c1ccc(S(=O)(=O)Cc2ccc(Cl)cc2C(Cl)c2ccncc2)cc1. The van der Waals surface area contributed by atoms with Gasteiger partial charge in [0, 0.05) is 17.4 Å². The lowest BCUT2D eigenvalue weighted by molar-refractivity contribution is 0.586. The first kappa shape index (κ1) is 21.8. The van der Waals surface area contributed by atoms with Crippen LogP contribution < -0.4 is 0 Å². The minimum absolute atomic E-state index is 0.0397. The molecule has 3 aromatic rings. The zero-order chi connectivity index (χ0) is 21.2. The Morgan fingerprint density at radius 1 is 0.966 bits per heavy atom. The molecule has 29 heavy (non-hydrogen) atoms. The molecular formula is C23H23Cl2NO2S. The van der Waals surface area contributed by atoms with E-state index in [0.29, 0.717) is 21.0 Å². The number of alkyl halides is 1. The summed E-state index contributed by atoms with van der Waals surface area (Å²) in [5.74, 6) is -0.150. The first-order chi connectivity index (χ1) is 13.6. The molecule has 3 rings (SSSR count). The van der Waals surface area contributed by atoms with E-state index in [1.54, 1.807) is 42.7 Å². The number of nitrogens with zero attached hydrogens (tertiary/aromatic N) is 1. The van der Waals surface area contributed by atoms with E-state index in [-0.39, 0.29) is 11.2 Å². The summed E-state index contributed by atoms with van der Waals surface area (Å²) in [6, 6.07) is 15.9. The number of halogens is 2. The molecule has 0 saturated carbocycles. The molecular weight excluding hydrogens is 425 g/mol.